The molecule has 1 aliphatic carbocycles. The van der Waals surface area contributed by atoms with Gasteiger partial charge in [0.25, 0.3) is 0 Å². The van der Waals surface area contributed by atoms with Crippen molar-refractivity contribution in [2.75, 3.05) is 13.2 Å². The monoisotopic (exact) mass is 612 g/mol. The van der Waals surface area contributed by atoms with Crippen LogP contribution in [0, 0.1) is 0 Å². The summed E-state index contributed by atoms with van der Waals surface area (Å²) in [6.07, 6.45) is 10.8. The molecule has 0 fully saturated rings. The van der Waals surface area contributed by atoms with E-state index in [1.165, 1.54) is 0 Å². The SMILES string of the molecule is CCCn1ccnc1CN(CCCC[C@H](NC(=O)OCC1c2ccccc2-c2ccccc21)C(=O)O)Cc1nccn1CCC. The molecule has 2 aromatic heterocycles. The van der Waals surface area contributed by atoms with E-state index in [4.69, 9.17) is 4.74 Å². The van der Waals surface area contributed by atoms with Gasteiger partial charge in [-0.1, -0.05) is 62.4 Å². The van der Waals surface area contributed by atoms with Gasteiger partial charge in [-0.3, -0.25) is 4.90 Å². The van der Waals surface area contributed by atoms with E-state index >= 15 is 0 Å². The van der Waals surface area contributed by atoms with Crippen LogP contribution in [0.5, 0.6) is 0 Å². The molecule has 5 rings (SSSR count). The van der Waals surface area contributed by atoms with Gasteiger partial charge in [-0.15, -0.1) is 0 Å². The number of hydrogen-bond donors (Lipinski definition) is 2. The molecule has 10 nitrogen and oxygen atoms in total. The largest absolute Gasteiger partial charge is 0.480 e. The summed E-state index contributed by atoms with van der Waals surface area (Å²) in [7, 11) is 0. The second kappa shape index (κ2) is 15.5. The zero-order chi connectivity index (χ0) is 31.6. The fourth-order valence-electron chi connectivity index (χ4n) is 6.21. The van der Waals surface area contributed by atoms with E-state index in [0.29, 0.717) is 25.9 Å². The van der Waals surface area contributed by atoms with Gasteiger partial charge in [0.1, 0.15) is 24.3 Å². The Bertz CT molecular complexity index is 1470. The molecule has 238 valence electrons. The summed E-state index contributed by atoms with van der Waals surface area (Å²) in [4.78, 5) is 36.4. The third kappa shape index (κ3) is 7.99. The minimum atomic E-state index is -1.07. The van der Waals surface area contributed by atoms with Gasteiger partial charge in [0.05, 0.1) is 13.1 Å². The van der Waals surface area contributed by atoms with Crippen molar-refractivity contribution >= 4 is 12.1 Å². The molecule has 2 N–H and O–H groups in total. The number of unbranched alkanes of at least 4 members (excludes halogenated alkanes) is 1. The van der Waals surface area contributed by atoms with Crippen LogP contribution < -0.4 is 5.32 Å². The molecule has 0 saturated carbocycles. The number of hydrogen-bond acceptors (Lipinski definition) is 6. The molecule has 45 heavy (non-hydrogen) atoms. The van der Waals surface area contributed by atoms with Gasteiger partial charge in [0.2, 0.25) is 0 Å². The lowest BCUT2D eigenvalue weighted by atomic mass is 9.98. The van der Waals surface area contributed by atoms with Gasteiger partial charge in [0, 0.05) is 43.8 Å². The number of fused-ring (bicyclic) bond motifs is 3. The number of carboxylic acids is 1. The number of ether oxygens (including phenoxy) is 1. The molecule has 0 unspecified atom stereocenters. The van der Waals surface area contributed by atoms with Crippen LogP contribution in [0.1, 0.15) is 74.6 Å². The van der Waals surface area contributed by atoms with Crippen LogP contribution >= 0.6 is 0 Å². The Hall–Kier alpha value is -4.44. The van der Waals surface area contributed by atoms with Gasteiger partial charge in [-0.05, 0) is 60.9 Å². The maximum Gasteiger partial charge on any atom is 0.407 e. The standard InChI is InChI=1S/C35H44N6O4/c1-3-18-40-21-16-36-32(40)23-39(24-33-37-17-22-41(33)19-4-2)20-10-9-15-31(34(42)43)38-35(44)45-25-30-28-13-7-5-11-26(28)27-12-6-8-14-29(27)30/h5-8,11-14,16-17,21-22,30-31H,3-4,9-10,15,18-20,23-25H2,1-2H3,(H,38,44)(H,42,43)/t31-/m0/s1. The highest BCUT2D eigenvalue weighted by atomic mass is 16.5. The predicted octanol–water partition coefficient (Wildman–Crippen LogP) is 6.06. The van der Waals surface area contributed by atoms with Crippen molar-refractivity contribution in [3.63, 3.8) is 0 Å². The number of rotatable bonds is 17. The lowest BCUT2D eigenvalue weighted by Gasteiger charge is -2.23. The van der Waals surface area contributed by atoms with Crippen LogP contribution in [-0.4, -0.2) is 60.4 Å². The van der Waals surface area contributed by atoms with Crippen molar-refractivity contribution in [3.8, 4) is 11.1 Å². The molecule has 0 radical (unpaired) electrons. The number of carboxylic acid groups (broad SMARTS) is 1. The van der Waals surface area contributed by atoms with Crippen LogP contribution in [0.2, 0.25) is 0 Å². The Morgan fingerprint density at radius 2 is 1.44 bits per heavy atom. The molecule has 0 bridgehead atoms. The molecule has 4 aromatic rings. The lowest BCUT2D eigenvalue weighted by Crippen LogP contribution is -2.41. The molecule has 2 aromatic carbocycles. The highest BCUT2D eigenvalue weighted by molar-refractivity contribution is 5.81. The first-order valence-corrected chi connectivity index (χ1v) is 16.0. The Morgan fingerprint density at radius 1 is 0.889 bits per heavy atom. The molecule has 0 spiro atoms. The van der Waals surface area contributed by atoms with Gasteiger partial charge < -0.3 is 24.3 Å². The first-order chi connectivity index (χ1) is 22.0. The Labute approximate surface area is 265 Å². The average Bonchev–Trinajstić information content (AvgIpc) is 3.76. The van der Waals surface area contributed by atoms with E-state index in [-0.39, 0.29) is 12.5 Å². The lowest BCUT2D eigenvalue weighted by molar-refractivity contribution is -0.139. The quantitative estimate of drug-likeness (QED) is 0.139. The van der Waals surface area contributed by atoms with Gasteiger partial charge >= 0.3 is 12.1 Å². The number of benzene rings is 2. The maximum atomic E-state index is 12.8. The van der Waals surface area contributed by atoms with Crippen molar-refractivity contribution in [2.45, 2.75) is 84.1 Å². The Morgan fingerprint density at radius 3 is 1.98 bits per heavy atom. The topological polar surface area (TPSA) is 115 Å². The van der Waals surface area contributed by atoms with Crippen LogP contribution in [0.3, 0.4) is 0 Å². The molecule has 10 heteroatoms. The second-order valence-electron chi connectivity index (χ2n) is 11.6. The van der Waals surface area contributed by atoms with Crippen molar-refractivity contribution in [1.29, 1.82) is 0 Å². The normalized spacial score (nSPS) is 13.0. The van der Waals surface area contributed by atoms with Gasteiger partial charge in [0.15, 0.2) is 0 Å². The highest BCUT2D eigenvalue weighted by Gasteiger charge is 2.29. The Kier molecular flexibility index (Phi) is 11.0. The predicted molar refractivity (Wildman–Crippen MR) is 173 cm³/mol. The summed E-state index contributed by atoms with van der Waals surface area (Å²) in [5.41, 5.74) is 4.51. The van der Waals surface area contributed by atoms with Crippen LogP contribution in [0.25, 0.3) is 11.1 Å². The molecule has 1 amide bonds. The number of imidazole rings is 2. The van der Waals surface area contributed by atoms with E-state index in [9.17, 15) is 14.7 Å². The summed E-state index contributed by atoms with van der Waals surface area (Å²) in [6.45, 7) is 8.36. The Balaban J connectivity index is 1.15. The second-order valence-corrected chi connectivity index (χ2v) is 11.6. The minimum absolute atomic E-state index is 0.0849. The molecular formula is C35H44N6O4. The van der Waals surface area contributed by atoms with Crippen molar-refractivity contribution in [2.24, 2.45) is 0 Å². The maximum absolute atomic E-state index is 12.8. The smallest absolute Gasteiger partial charge is 0.407 e. The molecule has 0 saturated heterocycles. The van der Waals surface area contributed by atoms with E-state index in [1.54, 1.807) is 0 Å². The molecule has 0 aliphatic heterocycles. The first kappa shape index (κ1) is 32.0. The molecule has 1 aliphatic rings. The number of alkyl carbamates (subject to hydrolysis) is 1. The third-order valence-electron chi connectivity index (χ3n) is 8.41. The third-order valence-corrected chi connectivity index (χ3v) is 8.41. The minimum Gasteiger partial charge on any atom is -0.480 e. The van der Waals surface area contributed by atoms with Crippen LogP contribution in [-0.2, 0) is 35.7 Å². The van der Waals surface area contributed by atoms with Crippen LogP contribution in [0.15, 0.2) is 73.3 Å². The zero-order valence-corrected chi connectivity index (χ0v) is 26.3. The first-order valence-electron chi connectivity index (χ1n) is 16.0. The van der Waals surface area contributed by atoms with Crippen LogP contribution in [0.4, 0.5) is 4.79 Å². The molecule has 1 atom stereocenters. The summed E-state index contributed by atoms with van der Waals surface area (Å²) in [5, 5.41) is 12.5. The zero-order valence-electron chi connectivity index (χ0n) is 26.3. The number of nitrogens with one attached hydrogen (secondary N) is 1. The van der Waals surface area contributed by atoms with Gasteiger partial charge in [-0.25, -0.2) is 19.6 Å². The summed E-state index contributed by atoms with van der Waals surface area (Å²) in [6, 6.07) is 15.2. The van der Waals surface area contributed by atoms with Crippen molar-refractivity contribution in [1.82, 2.24) is 29.3 Å². The fraction of sp³-hybridized carbons (Fsp3) is 0.429. The summed E-state index contributed by atoms with van der Waals surface area (Å²) < 4.78 is 9.97. The van der Waals surface area contributed by atoms with Gasteiger partial charge in [-0.2, -0.15) is 0 Å². The number of aromatic nitrogens is 4. The highest BCUT2D eigenvalue weighted by Crippen LogP contribution is 2.44. The number of nitrogens with zero attached hydrogens (tertiary/aromatic N) is 5. The number of amides is 1. The number of aryl methyl sites for hydroxylation is 2. The van der Waals surface area contributed by atoms with Crippen molar-refractivity contribution < 1.29 is 19.4 Å². The van der Waals surface area contributed by atoms with E-state index in [2.05, 4.69) is 67.4 Å². The average molecular weight is 613 g/mol. The van der Waals surface area contributed by atoms with E-state index in [0.717, 1.165) is 72.8 Å². The van der Waals surface area contributed by atoms with Crippen molar-refractivity contribution in [3.05, 3.63) is 96.1 Å². The molecule has 2 heterocycles. The number of aliphatic carboxylic acids is 1. The number of carbonyl (C=O) groups is 2. The van der Waals surface area contributed by atoms with E-state index < -0.39 is 18.1 Å². The number of carbonyl (C=O) groups excluding carboxylic acids is 1. The van der Waals surface area contributed by atoms with E-state index in [1.807, 2.05) is 49.1 Å². The fourth-order valence-corrected chi connectivity index (χ4v) is 6.21. The molecular weight excluding hydrogens is 568 g/mol. The summed E-state index contributed by atoms with van der Waals surface area (Å²) in [5.74, 6) is 0.860. The summed E-state index contributed by atoms with van der Waals surface area (Å²) >= 11 is 0.